The lowest BCUT2D eigenvalue weighted by Gasteiger charge is -2.30. The molecule has 0 bridgehead atoms. The van der Waals surface area contributed by atoms with Crippen LogP contribution in [0.25, 0.3) is 0 Å². The van der Waals surface area contributed by atoms with E-state index in [4.69, 9.17) is 4.74 Å². The number of rotatable bonds is 10. The Hall–Kier alpha value is -1.59. The van der Waals surface area contributed by atoms with Crippen molar-refractivity contribution in [2.75, 3.05) is 46.4 Å². The van der Waals surface area contributed by atoms with E-state index in [0.29, 0.717) is 12.6 Å². The molecule has 0 aliphatic rings. The highest BCUT2D eigenvalue weighted by atomic mass is 16.5. The van der Waals surface area contributed by atoms with Crippen LogP contribution in [0.5, 0.6) is 0 Å². The second kappa shape index (κ2) is 11.9. The predicted molar refractivity (Wildman–Crippen MR) is 98.0 cm³/mol. The summed E-state index contributed by atoms with van der Waals surface area (Å²) in [5.74, 6) is 0.817. The SMILES string of the molecule is CCOCCNC(=NC)NCC(c1ccccc1)N(CC)CC. The minimum Gasteiger partial charge on any atom is -0.380 e. The fourth-order valence-corrected chi connectivity index (χ4v) is 2.60. The highest BCUT2D eigenvalue weighted by Crippen LogP contribution is 2.19. The average molecular weight is 320 g/mol. The molecule has 0 aliphatic carbocycles. The Morgan fingerprint density at radius 1 is 1.13 bits per heavy atom. The molecule has 0 aromatic heterocycles. The fraction of sp³-hybridized carbons (Fsp3) is 0.611. The lowest BCUT2D eigenvalue weighted by atomic mass is 10.1. The maximum Gasteiger partial charge on any atom is 0.191 e. The van der Waals surface area contributed by atoms with E-state index in [9.17, 15) is 0 Å². The second-order valence-electron chi connectivity index (χ2n) is 5.22. The first-order chi connectivity index (χ1) is 11.3. The van der Waals surface area contributed by atoms with E-state index in [2.05, 4.69) is 64.7 Å². The van der Waals surface area contributed by atoms with Crippen molar-refractivity contribution in [3.8, 4) is 0 Å². The lowest BCUT2D eigenvalue weighted by molar-refractivity contribution is 0.152. The summed E-state index contributed by atoms with van der Waals surface area (Å²) in [6, 6.07) is 11.0. The van der Waals surface area contributed by atoms with Gasteiger partial charge in [0, 0.05) is 26.7 Å². The quantitative estimate of drug-likeness (QED) is 0.394. The van der Waals surface area contributed by atoms with Gasteiger partial charge in [-0.15, -0.1) is 0 Å². The summed E-state index contributed by atoms with van der Waals surface area (Å²) in [5, 5.41) is 6.72. The Labute approximate surface area is 141 Å². The number of nitrogens with one attached hydrogen (secondary N) is 2. The van der Waals surface area contributed by atoms with Gasteiger partial charge in [0.1, 0.15) is 0 Å². The van der Waals surface area contributed by atoms with Gasteiger partial charge in [-0.1, -0.05) is 44.2 Å². The van der Waals surface area contributed by atoms with Crippen LogP contribution in [0.15, 0.2) is 35.3 Å². The zero-order valence-corrected chi connectivity index (χ0v) is 15.0. The Balaban J connectivity index is 2.62. The largest absolute Gasteiger partial charge is 0.380 e. The molecule has 1 aromatic rings. The maximum atomic E-state index is 5.34. The van der Waals surface area contributed by atoms with Gasteiger partial charge in [0.25, 0.3) is 0 Å². The standard InChI is InChI=1S/C18H32N4O/c1-5-22(6-2)17(16-11-9-8-10-12-16)15-21-18(19-4)20-13-14-23-7-3/h8-12,17H,5-7,13-15H2,1-4H3,(H2,19,20,21). The Kier molecular flexibility index (Phi) is 10.1. The fourth-order valence-electron chi connectivity index (χ4n) is 2.60. The first-order valence-electron chi connectivity index (χ1n) is 8.57. The normalized spacial score (nSPS) is 13.2. The number of likely N-dealkylation sites (N-methyl/N-ethyl adjacent to an activating group) is 1. The first kappa shape index (κ1) is 19.5. The molecule has 0 amide bonds. The van der Waals surface area contributed by atoms with Crippen molar-refractivity contribution in [1.29, 1.82) is 0 Å². The van der Waals surface area contributed by atoms with Crippen molar-refractivity contribution in [2.24, 2.45) is 4.99 Å². The summed E-state index contributed by atoms with van der Waals surface area (Å²) in [5.41, 5.74) is 1.33. The molecular formula is C18H32N4O. The number of hydrogen-bond donors (Lipinski definition) is 2. The number of aliphatic imine (C=N–C) groups is 1. The lowest BCUT2D eigenvalue weighted by Crippen LogP contribution is -2.44. The third-order valence-electron chi connectivity index (χ3n) is 3.87. The summed E-state index contributed by atoms with van der Waals surface area (Å²) in [4.78, 5) is 6.74. The average Bonchev–Trinajstić information content (AvgIpc) is 2.61. The molecule has 5 heteroatoms. The summed E-state index contributed by atoms with van der Waals surface area (Å²) in [6.45, 7) is 11.5. The van der Waals surface area contributed by atoms with Gasteiger partial charge < -0.3 is 15.4 Å². The molecule has 1 unspecified atom stereocenters. The molecule has 1 atom stereocenters. The Morgan fingerprint density at radius 3 is 2.39 bits per heavy atom. The minimum absolute atomic E-state index is 0.330. The minimum atomic E-state index is 0.330. The number of guanidine groups is 1. The van der Waals surface area contributed by atoms with Gasteiger partial charge in [-0.25, -0.2) is 0 Å². The van der Waals surface area contributed by atoms with Crippen LogP contribution < -0.4 is 10.6 Å². The van der Waals surface area contributed by atoms with Gasteiger partial charge >= 0.3 is 0 Å². The molecule has 0 fully saturated rings. The Morgan fingerprint density at radius 2 is 1.83 bits per heavy atom. The molecule has 130 valence electrons. The monoisotopic (exact) mass is 320 g/mol. The number of nitrogens with zero attached hydrogens (tertiary/aromatic N) is 2. The van der Waals surface area contributed by atoms with E-state index >= 15 is 0 Å². The third-order valence-corrected chi connectivity index (χ3v) is 3.87. The summed E-state index contributed by atoms with van der Waals surface area (Å²) in [6.07, 6.45) is 0. The molecule has 0 saturated carbocycles. The maximum absolute atomic E-state index is 5.34. The summed E-state index contributed by atoms with van der Waals surface area (Å²) in [7, 11) is 1.80. The molecule has 0 spiro atoms. The summed E-state index contributed by atoms with van der Waals surface area (Å²) < 4.78 is 5.34. The van der Waals surface area contributed by atoms with Gasteiger partial charge in [-0.3, -0.25) is 9.89 Å². The van der Waals surface area contributed by atoms with Crippen LogP contribution in [0.3, 0.4) is 0 Å². The molecule has 0 radical (unpaired) electrons. The van der Waals surface area contributed by atoms with Crippen LogP contribution in [-0.4, -0.2) is 57.3 Å². The van der Waals surface area contributed by atoms with E-state index in [0.717, 1.165) is 38.7 Å². The topological polar surface area (TPSA) is 48.9 Å². The van der Waals surface area contributed by atoms with Gasteiger partial charge in [0.05, 0.1) is 12.6 Å². The molecular weight excluding hydrogens is 288 g/mol. The molecule has 0 heterocycles. The van der Waals surface area contributed by atoms with Crippen LogP contribution in [-0.2, 0) is 4.74 Å². The number of ether oxygens (including phenoxy) is 1. The smallest absolute Gasteiger partial charge is 0.191 e. The van der Waals surface area contributed by atoms with Gasteiger partial charge in [-0.2, -0.15) is 0 Å². The second-order valence-corrected chi connectivity index (χ2v) is 5.22. The van der Waals surface area contributed by atoms with Crippen LogP contribution in [0, 0.1) is 0 Å². The predicted octanol–water partition coefficient (Wildman–Crippen LogP) is 2.27. The van der Waals surface area contributed by atoms with Crippen molar-refractivity contribution in [1.82, 2.24) is 15.5 Å². The highest BCUT2D eigenvalue weighted by Gasteiger charge is 2.17. The molecule has 23 heavy (non-hydrogen) atoms. The van der Waals surface area contributed by atoms with Crippen molar-refractivity contribution >= 4 is 5.96 Å². The third kappa shape index (κ3) is 7.01. The molecule has 0 aliphatic heterocycles. The summed E-state index contributed by atoms with van der Waals surface area (Å²) >= 11 is 0. The number of hydrogen-bond acceptors (Lipinski definition) is 3. The molecule has 0 saturated heterocycles. The highest BCUT2D eigenvalue weighted by molar-refractivity contribution is 5.79. The zero-order chi connectivity index (χ0) is 16.9. The first-order valence-corrected chi connectivity index (χ1v) is 8.57. The van der Waals surface area contributed by atoms with Crippen LogP contribution in [0.4, 0.5) is 0 Å². The zero-order valence-electron chi connectivity index (χ0n) is 15.0. The molecule has 2 N–H and O–H groups in total. The van der Waals surface area contributed by atoms with E-state index in [1.54, 1.807) is 7.05 Å². The van der Waals surface area contributed by atoms with E-state index < -0.39 is 0 Å². The number of benzene rings is 1. The Bertz CT molecular complexity index is 432. The van der Waals surface area contributed by atoms with Gasteiger partial charge in [-0.05, 0) is 25.6 Å². The molecule has 1 rings (SSSR count). The molecule has 1 aromatic carbocycles. The van der Waals surface area contributed by atoms with Gasteiger partial charge in [0.15, 0.2) is 5.96 Å². The van der Waals surface area contributed by atoms with Crippen molar-refractivity contribution in [3.63, 3.8) is 0 Å². The van der Waals surface area contributed by atoms with E-state index in [1.807, 2.05) is 6.92 Å². The van der Waals surface area contributed by atoms with E-state index in [1.165, 1.54) is 5.56 Å². The van der Waals surface area contributed by atoms with Gasteiger partial charge in [0.2, 0.25) is 0 Å². The van der Waals surface area contributed by atoms with Crippen LogP contribution in [0.1, 0.15) is 32.4 Å². The van der Waals surface area contributed by atoms with Crippen molar-refractivity contribution in [3.05, 3.63) is 35.9 Å². The van der Waals surface area contributed by atoms with E-state index in [-0.39, 0.29) is 0 Å². The van der Waals surface area contributed by atoms with Crippen molar-refractivity contribution < 1.29 is 4.74 Å². The van der Waals surface area contributed by atoms with Crippen LogP contribution >= 0.6 is 0 Å². The van der Waals surface area contributed by atoms with Crippen LogP contribution in [0.2, 0.25) is 0 Å². The molecule has 5 nitrogen and oxygen atoms in total. The van der Waals surface area contributed by atoms with Crippen molar-refractivity contribution in [2.45, 2.75) is 26.8 Å².